The standard InChI is InChI=1S/C14H15F3N2OS/c1-9(19-10(2)20)6-13(18-8-21)11-4-3-5-12(7-11)14(15,16)17/h3-5,7,9,13H,6H2,1-2H3,(H,19,20). The van der Waals surface area contributed by atoms with Crippen LogP contribution in [-0.4, -0.2) is 17.1 Å². The van der Waals surface area contributed by atoms with Crippen LogP contribution in [0.1, 0.15) is 37.4 Å². The fourth-order valence-electron chi connectivity index (χ4n) is 1.99. The van der Waals surface area contributed by atoms with E-state index in [2.05, 4.69) is 27.7 Å². The molecule has 0 radical (unpaired) electrons. The number of carbonyl (C=O) groups is 1. The van der Waals surface area contributed by atoms with Gasteiger partial charge >= 0.3 is 6.18 Å². The second-order valence-electron chi connectivity index (χ2n) is 4.70. The van der Waals surface area contributed by atoms with Crippen LogP contribution in [0.25, 0.3) is 0 Å². The lowest BCUT2D eigenvalue weighted by Gasteiger charge is -2.18. The molecule has 1 rings (SSSR count). The third-order valence-electron chi connectivity index (χ3n) is 2.83. The first kappa shape index (κ1) is 17.3. The summed E-state index contributed by atoms with van der Waals surface area (Å²) in [6.45, 7) is 3.12. The molecule has 21 heavy (non-hydrogen) atoms. The average Bonchev–Trinajstić information content (AvgIpc) is 2.36. The maximum atomic E-state index is 12.7. The number of alkyl halides is 3. The lowest BCUT2D eigenvalue weighted by Crippen LogP contribution is -2.31. The van der Waals surface area contributed by atoms with Gasteiger partial charge < -0.3 is 5.32 Å². The minimum absolute atomic E-state index is 0.211. The number of benzene rings is 1. The van der Waals surface area contributed by atoms with E-state index in [-0.39, 0.29) is 11.9 Å². The van der Waals surface area contributed by atoms with Crippen molar-refractivity contribution in [2.24, 2.45) is 4.99 Å². The van der Waals surface area contributed by atoms with E-state index in [0.717, 1.165) is 12.1 Å². The van der Waals surface area contributed by atoms with Gasteiger partial charge in [-0.05, 0) is 43.3 Å². The smallest absolute Gasteiger partial charge is 0.354 e. The number of thiocarbonyl (C=S) groups is 1. The van der Waals surface area contributed by atoms with Crippen molar-refractivity contribution in [1.29, 1.82) is 0 Å². The number of rotatable bonds is 5. The molecule has 0 aliphatic carbocycles. The molecule has 2 unspecified atom stereocenters. The summed E-state index contributed by atoms with van der Waals surface area (Å²) >= 11 is 4.55. The zero-order valence-corrected chi connectivity index (χ0v) is 12.4. The molecule has 1 aromatic carbocycles. The number of carbonyl (C=O) groups excluding carboxylic acids is 1. The molecule has 114 valence electrons. The van der Waals surface area contributed by atoms with Crippen molar-refractivity contribution >= 4 is 23.3 Å². The molecule has 0 bridgehead atoms. The Morgan fingerprint density at radius 2 is 2.14 bits per heavy atom. The Kier molecular flexibility index (Phi) is 6.05. The summed E-state index contributed by atoms with van der Waals surface area (Å²) in [6.07, 6.45) is -4.07. The minimum Gasteiger partial charge on any atom is -0.354 e. The van der Waals surface area contributed by atoms with Gasteiger partial charge in [-0.1, -0.05) is 12.1 Å². The molecule has 0 saturated carbocycles. The number of hydrogen-bond donors (Lipinski definition) is 1. The summed E-state index contributed by atoms with van der Waals surface area (Å²) in [4.78, 5) is 14.9. The summed E-state index contributed by atoms with van der Waals surface area (Å²) in [6, 6.07) is 4.10. The predicted octanol–water partition coefficient (Wildman–Crippen LogP) is 3.76. The summed E-state index contributed by atoms with van der Waals surface area (Å²) < 4.78 is 38.2. The highest BCUT2D eigenvalue weighted by molar-refractivity contribution is 7.78. The maximum absolute atomic E-state index is 12.7. The summed E-state index contributed by atoms with van der Waals surface area (Å²) in [5, 5.41) is 4.86. The number of amides is 1. The average molecular weight is 316 g/mol. The van der Waals surface area contributed by atoms with Gasteiger partial charge in [0, 0.05) is 13.0 Å². The highest BCUT2D eigenvalue weighted by atomic mass is 32.1. The van der Waals surface area contributed by atoms with E-state index in [1.54, 1.807) is 13.0 Å². The third kappa shape index (κ3) is 5.65. The molecule has 1 aromatic rings. The molecule has 0 fully saturated rings. The molecule has 2 atom stereocenters. The van der Waals surface area contributed by atoms with E-state index in [4.69, 9.17) is 0 Å². The SMILES string of the molecule is CC(=O)NC(C)CC(N=C=S)c1cccc(C(F)(F)F)c1. The van der Waals surface area contributed by atoms with Crippen LogP contribution in [0.15, 0.2) is 29.3 Å². The van der Waals surface area contributed by atoms with Crippen molar-refractivity contribution in [3.8, 4) is 0 Å². The van der Waals surface area contributed by atoms with Crippen LogP contribution in [0.5, 0.6) is 0 Å². The van der Waals surface area contributed by atoms with Crippen molar-refractivity contribution in [3.05, 3.63) is 35.4 Å². The lowest BCUT2D eigenvalue weighted by atomic mass is 9.98. The van der Waals surface area contributed by atoms with E-state index >= 15 is 0 Å². The second kappa shape index (κ2) is 7.33. The van der Waals surface area contributed by atoms with Gasteiger partial charge in [0.1, 0.15) is 0 Å². The number of nitrogens with one attached hydrogen (secondary N) is 1. The fourth-order valence-corrected chi connectivity index (χ4v) is 2.12. The van der Waals surface area contributed by atoms with Gasteiger partial charge in [-0.3, -0.25) is 4.79 Å². The van der Waals surface area contributed by atoms with Crippen molar-refractivity contribution in [2.45, 2.75) is 38.5 Å². The Morgan fingerprint density at radius 3 is 2.67 bits per heavy atom. The molecule has 3 nitrogen and oxygen atoms in total. The second-order valence-corrected chi connectivity index (χ2v) is 4.88. The first-order chi connectivity index (χ1) is 9.74. The van der Waals surface area contributed by atoms with Crippen molar-refractivity contribution in [3.63, 3.8) is 0 Å². The van der Waals surface area contributed by atoms with Gasteiger partial charge in [0.15, 0.2) is 0 Å². The van der Waals surface area contributed by atoms with Crippen LogP contribution in [0.4, 0.5) is 13.2 Å². The van der Waals surface area contributed by atoms with Crippen LogP contribution >= 0.6 is 12.2 Å². The number of halogens is 3. The molecule has 0 aliphatic rings. The summed E-state index contributed by atoms with van der Waals surface area (Å²) in [5.74, 6) is -0.211. The topological polar surface area (TPSA) is 41.5 Å². The number of isothiocyanates is 1. The Morgan fingerprint density at radius 1 is 1.48 bits per heavy atom. The van der Waals surface area contributed by atoms with Gasteiger partial charge in [0.05, 0.1) is 16.8 Å². The molecule has 1 N–H and O–H groups in total. The van der Waals surface area contributed by atoms with E-state index < -0.39 is 17.8 Å². The highest BCUT2D eigenvalue weighted by Gasteiger charge is 2.31. The summed E-state index contributed by atoms with van der Waals surface area (Å²) in [7, 11) is 0. The first-order valence-electron chi connectivity index (χ1n) is 6.25. The molecular formula is C14H15F3N2OS. The molecule has 0 heterocycles. The van der Waals surface area contributed by atoms with Crippen LogP contribution < -0.4 is 5.32 Å². The van der Waals surface area contributed by atoms with Crippen molar-refractivity contribution in [1.82, 2.24) is 5.32 Å². The minimum atomic E-state index is -4.41. The van der Waals surface area contributed by atoms with Gasteiger partial charge in [0.25, 0.3) is 0 Å². The zero-order valence-electron chi connectivity index (χ0n) is 11.6. The monoisotopic (exact) mass is 316 g/mol. The Labute approximate surface area is 126 Å². The van der Waals surface area contributed by atoms with Gasteiger partial charge in [-0.15, -0.1) is 0 Å². The maximum Gasteiger partial charge on any atom is 0.416 e. The largest absolute Gasteiger partial charge is 0.416 e. The predicted molar refractivity (Wildman–Crippen MR) is 77.1 cm³/mol. The van der Waals surface area contributed by atoms with E-state index in [1.807, 2.05) is 0 Å². The van der Waals surface area contributed by atoms with E-state index in [0.29, 0.717) is 12.0 Å². The number of nitrogens with zero attached hydrogens (tertiary/aromatic N) is 1. The number of hydrogen-bond acceptors (Lipinski definition) is 3. The van der Waals surface area contributed by atoms with Crippen molar-refractivity contribution < 1.29 is 18.0 Å². The quantitative estimate of drug-likeness (QED) is 0.664. The molecule has 0 spiro atoms. The third-order valence-corrected chi connectivity index (χ3v) is 2.94. The van der Waals surface area contributed by atoms with Gasteiger partial charge in [-0.25, -0.2) is 4.99 Å². The molecule has 0 aliphatic heterocycles. The molecular weight excluding hydrogens is 301 g/mol. The van der Waals surface area contributed by atoms with Crippen LogP contribution in [-0.2, 0) is 11.0 Å². The van der Waals surface area contributed by atoms with E-state index in [1.165, 1.54) is 13.0 Å². The fraction of sp³-hybridized carbons (Fsp3) is 0.429. The van der Waals surface area contributed by atoms with Crippen LogP contribution in [0.3, 0.4) is 0 Å². The normalized spacial score (nSPS) is 14.0. The first-order valence-corrected chi connectivity index (χ1v) is 6.66. The number of aliphatic imine (C=N–C) groups is 1. The Hall–Kier alpha value is -1.72. The van der Waals surface area contributed by atoms with Crippen molar-refractivity contribution in [2.75, 3.05) is 0 Å². The molecule has 1 amide bonds. The molecule has 0 aromatic heterocycles. The van der Waals surface area contributed by atoms with Crippen LogP contribution in [0, 0.1) is 0 Å². The Bertz CT molecular complexity index is 553. The van der Waals surface area contributed by atoms with E-state index in [9.17, 15) is 18.0 Å². The van der Waals surface area contributed by atoms with Crippen LogP contribution in [0.2, 0.25) is 0 Å². The van der Waals surface area contributed by atoms with Gasteiger partial charge in [-0.2, -0.15) is 13.2 Å². The lowest BCUT2D eigenvalue weighted by molar-refractivity contribution is -0.137. The van der Waals surface area contributed by atoms with Gasteiger partial charge in [0.2, 0.25) is 5.91 Å². The zero-order chi connectivity index (χ0) is 16.0. The highest BCUT2D eigenvalue weighted by Crippen LogP contribution is 2.32. The molecule has 0 saturated heterocycles. The molecule has 7 heteroatoms. The Balaban J connectivity index is 3.01. The summed E-state index contributed by atoms with van der Waals surface area (Å²) in [5.41, 5.74) is -0.351.